The Balaban J connectivity index is 1.53. The molecule has 2 aromatic rings. The van der Waals surface area contributed by atoms with E-state index < -0.39 is 33.8 Å². The molecule has 3 amide bonds. The van der Waals surface area contributed by atoms with Crippen LogP contribution in [0.2, 0.25) is 0 Å². The maximum absolute atomic E-state index is 13.2. The second-order valence-corrected chi connectivity index (χ2v) is 10.6. The van der Waals surface area contributed by atoms with Gasteiger partial charge in [0.05, 0.1) is 29.2 Å². The van der Waals surface area contributed by atoms with Crippen LogP contribution in [0.5, 0.6) is 0 Å². The van der Waals surface area contributed by atoms with Crippen molar-refractivity contribution in [1.82, 2.24) is 9.21 Å². The molecule has 10 heteroatoms. The minimum absolute atomic E-state index is 0.0427. The smallest absolute Gasteiger partial charge is 0.262 e. The van der Waals surface area contributed by atoms with Gasteiger partial charge in [-0.15, -0.1) is 0 Å². The third-order valence-electron chi connectivity index (χ3n) is 5.86. The number of benzene rings is 2. The van der Waals surface area contributed by atoms with Gasteiger partial charge in [-0.2, -0.15) is 4.31 Å². The summed E-state index contributed by atoms with van der Waals surface area (Å²) >= 11 is 0. The number of hydrogen-bond acceptors (Lipinski definition) is 6. The molecule has 0 aromatic heterocycles. The number of nitrogens with zero attached hydrogens (tertiary/aromatic N) is 2. The monoisotopic (exact) mass is 485 g/mol. The minimum Gasteiger partial charge on any atom is -0.379 e. The summed E-state index contributed by atoms with van der Waals surface area (Å²) in [6.45, 7) is 5.09. The van der Waals surface area contributed by atoms with Gasteiger partial charge in [-0.25, -0.2) is 8.42 Å². The maximum Gasteiger partial charge on any atom is 0.262 e. The van der Waals surface area contributed by atoms with Crippen LogP contribution in [-0.4, -0.2) is 67.7 Å². The Labute approximate surface area is 198 Å². The molecule has 0 saturated carbocycles. The number of carbonyl (C=O) groups is 3. The molecule has 0 radical (unpaired) electrons. The molecule has 2 aliphatic rings. The van der Waals surface area contributed by atoms with Gasteiger partial charge in [0, 0.05) is 18.8 Å². The summed E-state index contributed by atoms with van der Waals surface area (Å²) in [5, 5.41) is 2.74. The van der Waals surface area contributed by atoms with Crippen molar-refractivity contribution in [1.29, 1.82) is 0 Å². The van der Waals surface area contributed by atoms with E-state index >= 15 is 0 Å². The lowest BCUT2D eigenvalue weighted by Gasteiger charge is -2.27. The number of anilines is 1. The van der Waals surface area contributed by atoms with Crippen LogP contribution in [0, 0.1) is 5.92 Å². The van der Waals surface area contributed by atoms with Gasteiger partial charge < -0.3 is 10.1 Å². The minimum atomic E-state index is -3.65. The summed E-state index contributed by atoms with van der Waals surface area (Å²) in [7, 11) is -3.65. The molecule has 1 fully saturated rings. The molecule has 2 heterocycles. The summed E-state index contributed by atoms with van der Waals surface area (Å²) < 4.78 is 32.2. The fourth-order valence-electron chi connectivity index (χ4n) is 4.14. The van der Waals surface area contributed by atoms with Crippen LogP contribution in [0.4, 0.5) is 5.69 Å². The van der Waals surface area contributed by atoms with Crippen LogP contribution in [-0.2, 0) is 19.6 Å². The molecule has 1 N–H and O–H groups in total. The molecule has 0 aliphatic carbocycles. The first-order valence-corrected chi connectivity index (χ1v) is 12.6. The Morgan fingerprint density at radius 1 is 0.971 bits per heavy atom. The van der Waals surface area contributed by atoms with Gasteiger partial charge in [-0.3, -0.25) is 19.3 Å². The number of rotatable bonds is 7. The fraction of sp³-hybridized carbons (Fsp3) is 0.375. The van der Waals surface area contributed by atoms with E-state index in [1.54, 1.807) is 24.3 Å². The van der Waals surface area contributed by atoms with Crippen molar-refractivity contribution in [2.45, 2.75) is 31.2 Å². The van der Waals surface area contributed by atoms with E-state index in [4.69, 9.17) is 4.74 Å². The van der Waals surface area contributed by atoms with E-state index in [-0.39, 0.29) is 35.0 Å². The zero-order valence-corrected chi connectivity index (χ0v) is 19.9. The molecule has 0 spiro atoms. The number of carbonyl (C=O) groups excluding carboxylic acids is 3. The average molecular weight is 486 g/mol. The van der Waals surface area contributed by atoms with Crippen LogP contribution in [0.15, 0.2) is 53.4 Å². The predicted molar refractivity (Wildman–Crippen MR) is 125 cm³/mol. The lowest BCUT2D eigenvalue weighted by atomic mass is 10.0. The normalized spacial score (nSPS) is 17.7. The van der Waals surface area contributed by atoms with Crippen LogP contribution >= 0.6 is 0 Å². The van der Waals surface area contributed by atoms with E-state index in [0.717, 1.165) is 4.90 Å². The molecule has 2 aromatic carbocycles. The summed E-state index contributed by atoms with van der Waals surface area (Å²) in [6, 6.07) is 11.4. The van der Waals surface area contributed by atoms with Crippen molar-refractivity contribution in [3.05, 3.63) is 59.7 Å². The molecular formula is C24H27N3O6S. The number of nitrogens with one attached hydrogen (secondary N) is 1. The van der Waals surface area contributed by atoms with Crippen molar-refractivity contribution in [2.75, 3.05) is 31.6 Å². The largest absolute Gasteiger partial charge is 0.379 e. The molecule has 0 bridgehead atoms. The van der Waals surface area contributed by atoms with Gasteiger partial charge >= 0.3 is 0 Å². The summed E-state index contributed by atoms with van der Waals surface area (Å²) in [6.07, 6.45) is 0.292. The number of morpholine rings is 1. The molecule has 0 unspecified atom stereocenters. The molecular weight excluding hydrogens is 458 g/mol. The van der Waals surface area contributed by atoms with Crippen molar-refractivity contribution < 1.29 is 27.5 Å². The molecule has 34 heavy (non-hydrogen) atoms. The number of sulfonamides is 1. The first-order valence-electron chi connectivity index (χ1n) is 11.2. The Morgan fingerprint density at radius 2 is 1.53 bits per heavy atom. The third-order valence-corrected chi connectivity index (χ3v) is 7.78. The third kappa shape index (κ3) is 4.61. The van der Waals surface area contributed by atoms with Gasteiger partial charge in [-0.05, 0) is 48.7 Å². The topological polar surface area (TPSA) is 113 Å². The van der Waals surface area contributed by atoms with E-state index in [1.807, 2.05) is 13.8 Å². The molecule has 1 atom stereocenters. The second kappa shape index (κ2) is 9.65. The van der Waals surface area contributed by atoms with Gasteiger partial charge in [0.2, 0.25) is 15.9 Å². The Hall–Kier alpha value is -3.08. The Morgan fingerprint density at radius 3 is 2.06 bits per heavy atom. The van der Waals surface area contributed by atoms with E-state index in [2.05, 4.69) is 5.32 Å². The molecule has 180 valence electrons. The SMILES string of the molecule is CC(C)C[C@@H](C(=O)Nc1ccc(S(=O)(=O)N2CCOCC2)cc1)N1C(=O)c2ccccc2C1=O. The van der Waals surface area contributed by atoms with Gasteiger partial charge in [0.25, 0.3) is 11.8 Å². The van der Waals surface area contributed by atoms with E-state index in [1.165, 1.54) is 28.6 Å². The number of amides is 3. The molecule has 1 saturated heterocycles. The number of ether oxygens (including phenoxy) is 1. The Kier molecular flexibility index (Phi) is 6.83. The van der Waals surface area contributed by atoms with Crippen molar-refractivity contribution in [3.63, 3.8) is 0 Å². The highest BCUT2D eigenvalue weighted by Crippen LogP contribution is 2.28. The van der Waals surface area contributed by atoms with Crippen LogP contribution in [0.1, 0.15) is 41.0 Å². The summed E-state index contributed by atoms with van der Waals surface area (Å²) in [5.41, 5.74) is 0.940. The van der Waals surface area contributed by atoms with E-state index in [0.29, 0.717) is 25.3 Å². The highest BCUT2D eigenvalue weighted by molar-refractivity contribution is 7.89. The highest BCUT2D eigenvalue weighted by atomic mass is 32.2. The number of fused-ring (bicyclic) bond motifs is 1. The van der Waals surface area contributed by atoms with Gasteiger partial charge in [0.15, 0.2) is 0 Å². The number of hydrogen-bond donors (Lipinski definition) is 1. The molecule has 2 aliphatic heterocycles. The van der Waals surface area contributed by atoms with Crippen LogP contribution < -0.4 is 5.32 Å². The summed E-state index contributed by atoms with van der Waals surface area (Å²) in [4.78, 5) is 40.2. The summed E-state index contributed by atoms with van der Waals surface area (Å²) in [5.74, 6) is -1.45. The lowest BCUT2D eigenvalue weighted by molar-refractivity contribution is -0.120. The first kappa shape index (κ1) is 24.1. The van der Waals surface area contributed by atoms with Crippen LogP contribution in [0.3, 0.4) is 0 Å². The fourth-order valence-corrected chi connectivity index (χ4v) is 5.55. The van der Waals surface area contributed by atoms with Gasteiger partial charge in [0.1, 0.15) is 6.04 Å². The zero-order chi connectivity index (χ0) is 24.5. The standard InChI is InChI=1S/C24H27N3O6S/c1-16(2)15-21(27-23(29)19-5-3-4-6-20(19)24(27)30)22(28)25-17-7-9-18(10-8-17)34(31,32)26-11-13-33-14-12-26/h3-10,16,21H,11-15H2,1-2H3,(H,25,28)/t21-/m0/s1. The van der Waals surface area contributed by atoms with Crippen molar-refractivity contribution in [2.24, 2.45) is 5.92 Å². The van der Waals surface area contributed by atoms with Crippen molar-refractivity contribution in [3.8, 4) is 0 Å². The lowest BCUT2D eigenvalue weighted by Crippen LogP contribution is -2.47. The molecule has 9 nitrogen and oxygen atoms in total. The first-order chi connectivity index (χ1) is 16.2. The van der Waals surface area contributed by atoms with Crippen molar-refractivity contribution >= 4 is 33.4 Å². The maximum atomic E-state index is 13.2. The highest BCUT2D eigenvalue weighted by Gasteiger charge is 2.42. The number of imide groups is 1. The quantitative estimate of drug-likeness (QED) is 0.603. The Bertz CT molecular complexity index is 1170. The molecule has 4 rings (SSSR count). The predicted octanol–water partition coefficient (Wildman–Crippen LogP) is 2.36. The average Bonchev–Trinajstić information content (AvgIpc) is 3.08. The van der Waals surface area contributed by atoms with E-state index in [9.17, 15) is 22.8 Å². The van der Waals surface area contributed by atoms with Gasteiger partial charge in [-0.1, -0.05) is 26.0 Å². The second-order valence-electron chi connectivity index (χ2n) is 8.70. The zero-order valence-electron chi connectivity index (χ0n) is 19.1. The van der Waals surface area contributed by atoms with Crippen LogP contribution in [0.25, 0.3) is 0 Å².